The van der Waals surface area contributed by atoms with Crippen molar-refractivity contribution in [3.63, 3.8) is 0 Å². The SMILES string of the molecule is N#Cc1cc2c(C[C@H](NC(=O)OCC3c4ccccc4-c4ccccc43)C(=O)O)cccc2s1. The van der Waals surface area contributed by atoms with Gasteiger partial charge in [-0.15, -0.1) is 11.3 Å². The topological polar surface area (TPSA) is 99.4 Å². The minimum absolute atomic E-state index is 0.0818. The van der Waals surface area contributed by atoms with Crippen molar-refractivity contribution in [1.82, 2.24) is 5.32 Å². The zero-order chi connectivity index (χ0) is 23.7. The fourth-order valence-electron chi connectivity index (χ4n) is 4.56. The minimum Gasteiger partial charge on any atom is -0.480 e. The zero-order valence-electron chi connectivity index (χ0n) is 18.0. The molecule has 0 unspecified atom stereocenters. The Kier molecular flexibility index (Phi) is 5.74. The summed E-state index contributed by atoms with van der Waals surface area (Å²) in [4.78, 5) is 25.1. The molecule has 1 heterocycles. The molecule has 2 N–H and O–H groups in total. The number of fused-ring (bicyclic) bond motifs is 4. The van der Waals surface area contributed by atoms with Gasteiger partial charge in [-0.1, -0.05) is 60.7 Å². The number of carbonyl (C=O) groups is 2. The van der Waals surface area contributed by atoms with Gasteiger partial charge >= 0.3 is 12.1 Å². The lowest BCUT2D eigenvalue weighted by molar-refractivity contribution is -0.139. The maximum absolute atomic E-state index is 12.6. The molecule has 0 spiro atoms. The van der Waals surface area contributed by atoms with E-state index in [1.807, 2.05) is 54.6 Å². The monoisotopic (exact) mass is 468 g/mol. The molecule has 0 saturated carbocycles. The number of ether oxygens (including phenoxy) is 1. The molecular weight excluding hydrogens is 448 g/mol. The average Bonchev–Trinajstić information content (AvgIpc) is 3.42. The zero-order valence-corrected chi connectivity index (χ0v) is 18.8. The van der Waals surface area contributed by atoms with Crippen LogP contribution in [0.25, 0.3) is 21.2 Å². The molecule has 0 radical (unpaired) electrons. The molecule has 1 aromatic heterocycles. The van der Waals surface area contributed by atoms with Gasteiger partial charge in [-0.25, -0.2) is 9.59 Å². The molecule has 168 valence electrons. The van der Waals surface area contributed by atoms with Crippen molar-refractivity contribution in [3.05, 3.63) is 94.4 Å². The van der Waals surface area contributed by atoms with Gasteiger partial charge in [0.25, 0.3) is 0 Å². The Hall–Kier alpha value is -4.15. The summed E-state index contributed by atoms with van der Waals surface area (Å²) >= 11 is 1.35. The van der Waals surface area contributed by atoms with Gasteiger partial charge in [-0.2, -0.15) is 5.26 Å². The van der Waals surface area contributed by atoms with Crippen molar-refractivity contribution in [2.75, 3.05) is 6.61 Å². The van der Waals surface area contributed by atoms with Crippen LogP contribution in [0.5, 0.6) is 0 Å². The van der Waals surface area contributed by atoms with E-state index in [2.05, 4.69) is 23.5 Å². The molecule has 1 aliphatic rings. The third-order valence-corrected chi connectivity index (χ3v) is 7.12. The van der Waals surface area contributed by atoms with Crippen LogP contribution in [0.3, 0.4) is 0 Å². The molecule has 1 amide bonds. The number of hydrogen-bond donors (Lipinski definition) is 2. The highest BCUT2D eigenvalue weighted by atomic mass is 32.1. The predicted octanol–water partition coefficient (Wildman–Crippen LogP) is 5.31. The molecule has 4 aromatic rings. The third kappa shape index (κ3) is 4.00. The van der Waals surface area contributed by atoms with Gasteiger partial charge in [-0.3, -0.25) is 0 Å². The first-order chi connectivity index (χ1) is 16.5. The van der Waals surface area contributed by atoms with Gasteiger partial charge in [-0.05, 0) is 45.3 Å². The van der Waals surface area contributed by atoms with E-state index in [0.29, 0.717) is 4.88 Å². The number of carbonyl (C=O) groups excluding carboxylic acids is 1. The van der Waals surface area contributed by atoms with E-state index in [-0.39, 0.29) is 18.9 Å². The van der Waals surface area contributed by atoms with Crippen LogP contribution in [0.15, 0.2) is 72.8 Å². The van der Waals surface area contributed by atoms with Crippen LogP contribution >= 0.6 is 11.3 Å². The number of nitrogens with one attached hydrogen (secondary N) is 1. The second-order valence-corrected chi connectivity index (χ2v) is 9.20. The number of carboxylic acid groups (broad SMARTS) is 1. The average molecular weight is 469 g/mol. The summed E-state index contributed by atoms with van der Waals surface area (Å²) in [7, 11) is 0. The molecule has 1 aliphatic carbocycles. The van der Waals surface area contributed by atoms with E-state index < -0.39 is 18.1 Å². The Morgan fingerprint density at radius 2 is 1.71 bits per heavy atom. The van der Waals surface area contributed by atoms with Crippen molar-refractivity contribution < 1.29 is 19.4 Å². The lowest BCUT2D eigenvalue weighted by atomic mass is 9.98. The molecule has 7 heteroatoms. The Bertz CT molecular complexity index is 1410. The fourth-order valence-corrected chi connectivity index (χ4v) is 5.46. The van der Waals surface area contributed by atoms with Crippen LogP contribution in [0.1, 0.15) is 27.5 Å². The number of benzene rings is 3. The highest BCUT2D eigenvalue weighted by molar-refractivity contribution is 7.19. The first-order valence-electron chi connectivity index (χ1n) is 10.8. The van der Waals surface area contributed by atoms with Gasteiger partial charge in [0, 0.05) is 17.0 Å². The molecule has 3 aromatic carbocycles. The number of nitrogens with zero attached hydrogens (tertiary/aromatic N) is 1. The smallest absolute Gasteiger partial charge is 0.407 e. The highest BCUT2D eigenvalue weighted by Crippen LogP contribution is 2.44. The van der Waals surface area contributed by atoms with Gasteiger partial charge < -0.3 is 15.2 Å². The van der Waals surface area contributed by atoms with E-state index in [0.717, 1.165) is 37.9 Å². The Morgan fingerprint density at radius 1 is 1.03 bits per heavy atom. The summed E-state index contributed by atoms with van der Waals surface area (Å²) in [5, 5.41) is 22.2. The molecule has 34 heavy (non-hydrogen) atoms. The second kappa shape index (κ2) is 9.00. The van der Waals surface area contributed by atoms with Crippen molar-refractivity contribution in [2.24, 2.45) is 0 Å². The van der Waals surface area contributed by atoms with Gasteiger partial charge in [0.1, 0.15) is 23.6 Å². The quantitative estimate of drug-likeness (QED) is 0.400. The Morgan fingerprint density at radius 3 is 2.35 bits per heavy atom. The van der Waals surface area contributed by atoms with Crippen LogP contribution in [-0.4, -0.2) is 29.8 Å². The van der Waals surface area contributed by atoms with Gasteiger partial charge in [0.15, 0.2) is 0 Å². The summed E-state index contributed by atoms with van der Waals surface area (Å²) in [6.07, 6.45) is -0.692. The van der Waals surface area contributed by atoms with E-state index >= 15 is 0 Å². The third-order valence-electron chi connectivity index (χ3n) is 6.12. The number of nitriles is 1. The summed E-state index contributed by atoms with van der Waals surface area (Å²) in [5.74, 6) is -1.26. The standard InChI is InChI=1S/C27H20N2O4S/c28-14-17-13-22-16(6-5-11-25(22)34-17)12-24(26(30)31)29-27(32)33-15-23-20-9-3-1-7-18(20)19-8-2-4-10-21(19)23/h1-11,13,23-24H,12,15H2,(H,29,32)(H,30,31)/t24-/m0/s1. The highest BCUT2D eigenvalue weighted by Gasteiger charge is 2.30. The molecule has 0 aliphatic heterocycles. The fraction of sp³-hybridized carbons (Fsp3) is 0.148. The summed E-state index contributed by atoms with van der Waals surface area (Å²) in [5.41, 5.74) is 5.17. The van der Waals surface area contributed by atoms with Crippen LogP contribution in [-0.2, 0) is 16.0 Å². The number of carboxylic acids is 1. The summed E-state index contributed by atoms with van der Waals surface area (Å²) in [6, 6.07) is 24.3. The summed E-state index contributed by atoms with van der Waals surface area (Å²) < 4.78 is 6.41. The largest absolute Gasteiger partial charge is 0.480 e. The molecule has 0 saturated heterocycles. The molecule has 1 atom stereocenters. The first-order valence-corrected chi connectivity index (χ1v) is 11.6. The maximum Gasteiger partial charge on any atom is 0.407 e. The second-order valence-electron chi connectivity index (χ2n) is 8.12. The van der Waals surface area contributed by atoms with E-state index in [1.54, 1.807) is 6.07 Å². The first kappa shape index (κ1) is 21.7. The van der Waals surface area contributed by atoms with E-state index in [9.17, 15) is 20.0 Å². The molecule has 0 fully saturated rings. The van der Waals surface area contributed by atoms with Crippen LogP contribution < -0.4 is 5.32 Å². The van der Waals surface area contributed by atoms with Crippen LogP contribution in [0.4, 0.5) is 4.79 Å². The van der Waals surface area contributed by atoms with E-state index in [4.69, 9.17) is 4.74 Å². The van der Waals surface area contributed by atoms with Crippen molar-refractivity contribution in [2.45, 2.75) is 18.4 Å². The molecule has 5 rings (SSSR count). The molecular formula is C27H20N2O4S. The lowest BCUT2D eigenvalue weighted by Crippen LogP contribution is -2.42. The molecule has 0 bridgehead atoms. The van der Waals surface area contributed by atoms with Crippen LogP contribution in [0, 0.1) is 11.3 Å². The summed E-state index contributed by atoms with van der Waals surface area (Å²) in [6.45, 7) is 0.109. The number of thiophene rings is 1. The lowest BCUT2D eigenvalue weighted by Gasteiger charge is -2.18. The number of alkyl carbamates (subject to hydrolysis) is 1. The van der Waals surface area contributed by atoms with E-state index in [1.165, 1.54) is 11.3 Å². The minimum atomic E-state index is -1.16. The van der Waals surface area contributed by atoms with Gasteiger partial charge in [0.2, 0.25) is 0 Å². The van der Waals surface area contributed by atoms with Crippen molar-refractivity contribution in [3.8, 4) is 17.2 Å². The number of rotatable bonds is 6. The molecule has 6 nitrogen and oxygen atoms in total. The maximum atomic E-state index is 12.6. The van der Waals surface area contributed by atoms with Crippen LogP contribution in [0.2, 0.25) is 0 Å². The normalized spacial score (nSPS) is 13.0. The van der Waals surface area contributed by atoms with Crippen molar-refractivity contribution >= 4 is 33.5 Å². The number of amides is 1. The van der Waals surface area contributed by atoms with Gasteiger partial charge in [0.05, 0.1) is 0 Å². The Labute approximate surface area is 200 Å². The predicted molar refractivity (Wildman–Crippen MR) is 130 cm³/mol. The number of hydrogen-bond acceptors (Lipinski definition) is 5. The number of aliphatic carboxylic acids is 1. The van der Waals surface area contributed by atoms with Crippen molar-refractivity contribution in [1.29, 1.82) is 5.26 Å². The Balaban J connectivity index is 1.30.